The zero-order valence-corrected chi connectivity index (χ0v) is 14.7. The van der Waals surface area contributed by atoms with E-state index in [1.165, 1.54) is 0 Å². The molecule has 24 heavy (non-hydrogen) atoms. The van der Waals surface area contributed by atoms with Crippen LogP contribution in [-0.4, -0.2) is 21.6 Å². The number of carbonyl (C=O) groups is 2. The molecule has 0 unspecified atom stereocenters. The molecule has 2 aromatic heterocycles. The second kappa shape index (κ2) is 6.90. The summed E-state index contributed by atoms with van der Waals surface area (Å²) in [6.45, 7) is 7.92. The molecule has 0 saturated heterocycles. The molecule has 0 spiro atoms. The highest BCUT2D eigenvalue weighted by Gasteiger charge is 2.32. The second-order valence-corrected chi connectivity index (χ2v) is 6.76. The first-order valence-corrected chi connectivity index (χ1v) is 7.90. The molecule has 0 fully saturated rings. The van der Waals surface area contributed by atoms with Crippen LogP contribution in [-0.2, 0) is 23.1 Å². The number of hydrogen-bond acceptors (Lipinski definition) is 4. The van der Waals surface area contributed by atoms with Gasteiger partial charge in [-0.1, -0.05) is 27.7 Å². The van der Waals surface area contributed by atoms with E-state index in [2.05, 4.69) is 15.7 Å². The molecular formula is C17H24N4O3. The Morgan fingerprint density at radius 2 is 1.96 bits per heavy atom. The minimum absolute atomic E-state index is 0.316. The molecule has 2 heterocycles. The maximum Gasteiger partial charge on any atom is 0.314 e. The average Bonchev–Trinajstić information content (AvgIpc) is 3.12. The molecule has 2 aromatic rings. The third-order valence-electron chi connectivity index (χ3n) is 3.62. The number of nitrogens with one attached hydrogen (secondary N) is 2. The highest BCUT2D eigenvalue weighted by molar-refractivity contribution is 6.39. The minimum Gasteiger partial charge on any atom is -0.464 e. The molecule has 1 atom stereocenters. The predicted molar refractivity (Wildman–Crippen MR) is 90.3 cm³/mol. The van der Waals surface area contributed by atoms with Crippen LogP contribution in [0.2, 0.25) is 0 Å². The number of amides is 2. The third kappa shape index (κ3) is 4.24. The van der Waals surface area contributed by atoms with E-state index in [-0.39, 0.29) is 5.41 Å². The summed E-state index contributed by atoms with van der Waals surface area (Å²) >= 11 is 0. The summed E-state index contributed by atoms with van der Waals surface area (Å²) in [5.74, 6) is 0.321. The van der Waals surface area contributed by atoms with Crippen molar-refractivity contribution in [3.05, 3.63) is 35.9 Å². The maximum atomic E-state index is 12.3. The number of furan rings is 1. The summed E-state index contributed by atoms with van der Waals surface area (Å²) in [6, 6.07) is 4.92. The van der Waals surface area contributed by atoms with E-state index in [1.54, 1.807) is 24.0 Å². The fourth-order valence-electron chi connectivity index (χ4n) is 2.31. The lowest BCUT2D eigenvalue weighted by atomic mass is 9.85. The van der Waals surface area contributed by atoms with E-state index < -0.39 is 17.9 Å². The molecule has 0 aliphatic heterocycles. The van der Waals surface area contributed by atoms with Crippen molar-refractivity contribution < 1.29 is 14.0 Å². The van der Waals surface area contributed by atoms with Crippen molar-refractivity contribution in [3.8, 4) is 0 Å². The SMILES string of the molecule is CCc1ccc([C@H](NC(=O)C(=O)Nc2ccn(C)n2)C(C)(C)C)o1. The van der Waals surface area contributed by atoms with Crippen molar-refractivity contribution in [2.24, 2.45) is 12.5 Å². The normalized spacial score (nSPS) is 12.7. The van der Waals surface area contributed by atoms with Crippen LogP contribution in [0.4, 0.5) is 5.82 Å². The Kier molecular flexibility index (Phi) is 5.11. The zero-order chi connectivity index (χ0) is 17.9. The van der Waals surface area contributed by atoms with Crippen LogP contribution in [0.25, 0.3) is 0 Å². The van der Waals surface area contributed by atoms with Crippen LogP contribution in [0.15, 0.2) is 28.8 Å². The van der Waals surface area contributed by atoms with Crippen LogP contribution in [0.5, 0.6) is 0 Å². The van der Waals surface area contributed by atoms with Crippen LogP contribution >= 0.6 is 0 Å². The number of nitrogens with zero attached hydrogens (tertiary/aromatic N) is 2. The molecule has 0 aliphatic carbocycles. The van der Waals surface area contributed by atoms with Gasteiger partial charge < -0.3 is 15.1 Å². The summed E-state index contributed by atoms with van der Waals surface area (Å²) in [5.41, 5.74) is -0.316. The zero-order valence-electron chi connectivity index (χ0n) is 14.7. The quantitative estimate of drug-likeness (QED) is 0.842. The van der Waals surface area contributed by atoms with E-state index in [0.717, 1.165) is 12.2 Å². The Balaban J connectivity index is 2.11. The number of rotatable bonds is 4. The van der Waals surface area contributed by atoms with Crippen molar-refractivity contribution in [2.75, 3.05) is 5.32 Å². The fraction of sp³-hybridized carbons (Fsp3) is 0.471. The molecular weight excluding hydrogens is 308 g/mol. The lowest BCUT2D eigenvalue weighted by Crippen LogP contribution is -2.42. The van der Waals surface area contributed by atoms with Crippen LogP contribution < -0.4 is 10.6 Å². The first-order valence-electron chi connectivity index (χ1n) is 7.90. The minimum atomic E-state index is -0.759. The summed E-state index contributed by atoms with van der Waals surface area (Å²) < 4.78 is 7.30. The lowest BCUT2D eigenvalue weighted by molar-refractivity contribution is -0.137. The molecule has 0 radical (unpaired) electrons. The van der Waals surface area contributed by atoms with E-state index in [0.29, 0.717) is 11.6 Å². The molecule has 130 valence electrons. The highest BCUT2D eigenvalue weighted by Crippen LogP contribution is 2.33. The van der Waals surface area contributed by atoms with Crippen molar-refractivity contribution in [2.45, 2.75) is 40.2 Å². The van der Waals surface area contributed by atoms with Gasteiger partial charge in [0, 0.05) is 25.7 Å². The molecule has 0 saturated carbocycles. The number of aromatic nitrogens is 2. The van der Waals surface area contributed by atoms with Gasteiger partial charge in [0.15, 0.2) is 5.82 Å². The fourth-order valence-corrected chi connectivity index (χ4v) is 2.31. The number of anilines is 1. The topological polar surface area (TPSA) is 89.2 Å². The number of carbonyl (C=O) groups excluding carboxylic acids is 2. The smallest absolute Gasteiger partial charge is 0.314 e. The van der Waals surface area contributed by atoms with Crippen molar-refractivity contribution >= 4 is 17.6 Å². The summed E-state index contributed by atoms with van der Waals surface area (Å²) in [5, 5.41) is 9.25. The Labute approximate surface area is 141 Å². The van der Waals surface area contributed by atoms with Gasteiger partial charge in [-0.25, -0.2) is 0 Å². The number of hydrogen-bond donors (Lipinski definition) is 2. The van der Waals surface area contributed by atoms with Gasteiger partial charge in [-0.3, -0.25) is 14.3 Å². The maximum absolute atomic E-state index is 12.3. The molecule has 2 rings (SSSR count). The van der Waals surface area contributed by atoms with E-state index in [9.17, 15) is 9.59 Å². The van der Waals surface area contributed by atoms with Crippen LogP contribution in [0, 0.1) is 5.41 Å². The van der Waals surface area contributed by atoms with Gasteiger partial charge in [-0.05, 0) is 17.5 Å². The summed E-state index contributed by atoms with van der Waals surface area (Å²) in [6.07, 6.45) is 2.45. The Bertz CT molecular complexity index is 724. The van der Waals surface area contributed by atoms with Gasteiger partial charge in [0.25, 0.3) is 0 Å². The predicted octanol–water partition coefficient (Wildman–Crippen LogP) is 2.42. The van der Waals surface area contributed by atoms with Crippen molar-refractivity contribution in [1.82, 2.24) is 15.1 Å². The van der Waals surface area contributed by atoms with E-state index >= 15 is 0 Å². The van der Waals surface area contributed by atoms with E-state index in [4.69, 9.17) is 4.42 Å². The Hall–Kier alpha value is -2.57. The van der Waals surface area contributed by atoms with Gasteiger partial charge in [-0.2, -0.15) is 5.10 Å². The average molecular weight is 332 g/mol. The first kappa shape index (κ1) is 17.8. The van der Waals surface area contributed by atoms with Crippen molar-refractivity contribution in [3.63, 3.8) is 0 Å². The van der Waals surface area contributed by atoms with Gasteiger partial charge in [0.05, 0.1) is 6.04 Å². The molecule has 2 amide bonds. The highest BCUT2D eigenvalue weighted by atomic mass is 16.3. The van der Waals surface area contributed by atoms with E-state index in [1.807, 2.05) is 39.8 Å². The third-order valence-corrected chi connectivity index (χ3v) is 3.62. The largest absolute Gasteiger partial charge is 0.464 e. The molecule has 7 nitrogen and oxygen atoms in total. The van der Waals surface area contributed by atoms with Gasteiger partial charge >= 0.3 is 11.8 Å². The Morgan fingerprint density at radius 1 is 1.25 bits per heavy atom. The lowest BCUT2D eigenvalue weighted by Gasteiger charge is -2.29. The number of aryl methyl sites for hydroxylation is 2. The molecule has 7 heteroatoms. The van der Waals surface area contributed by atoms with Crippen LogP contribution in [0.3, 0.4) is 0 Å². The second-order valence-electron chi connectivity index (χ2n) is 6.76. The van der Waals surface area contributed by atoms with Gasteiger partial charge in [0.2, 0.25) is 0 Å². The summed E-state index contributed by atoms with van der Waals surface area (Å²) in [4.78, 5) is 24.3. The Morgan fingerprint density at radius 3 is 2.46 bits per heavy atom. The van der Waals surface area contributed by atoms with Gasteiger partial charge in [-0.15, -0.1) is 0 Å². The first-order chi connectivity index (χ1) is 11.2. The molecule has 0 bridgehead atoms. The van der Waals surface area contributed by atoms with Crippen molar-refractivity contribution in [1.29, 1.82) is 0 Å². The molecule has 2 N–H and O–H groups in total. The summed E-state index contributed by atoms with van der Waals surface area (Å²) in [7, 11) is 1.73. The monoisotopic (exact) mass is 332 g/mol. The molecule has 0 aliphatic rings. The van der Waals surface area contributed by atoms with Crippen LogP contribution in [0.1, 0.15) is 45.3 Å². The standard InChI is InChI=1S/C17H24N4O3/c1-6-11-7-8-12(24-11)14(17(2,3)4)19-16(23)15(22)18-13-9-10-21(5)20-13/h7-10,14H,6H2,1-5H3,(H,19,23)(H,18,20,22)/t14-/m0/s1. The van der Waals surface area contributed by atoms with Gasteiger partial charge in [0.1, 0.15) is 11.5 Å². The molecule has 0 aromatic carbocycles.